The molecule has 9 heteroatoms. The van der Waals surface area contributed by atoms with Gasteiger partial charge in [0.2, 0.25) is 0 Å². The average Bonchev–Trinajstić information content (AvgIpc) is 2.51. The SMILES string of the molecule is CC(C)(Oc1cc(Cl)c(Cl)c(Cl)c1)C(=O)Nc1ccc(C(F)(F)F)cc1. The van der Waals surface area contributed by atoms with Crippen LogP contribution in [-0.2, 0) is 11.0 Å². The Kier molecular flexibility index (Phi) is 6.00. The molecule has 0 heterocycles. The predicted octanol–water partition coefficient (Wildman–Crippen LogP) is 6.46. The molecule has 2 aromatic carbocycles. The molecule has 1 N–H and O–H groups in total. The van der Waals surface area contributed by atoms with Gasteiger partial charge in [-0.15, -0.1) is 0 Å². The molecule has 0 aromatic heterocycles. The summed E-state index contributed by atoms with van der Waals surface area (Å²) in [5.41, 5.74) is -1.97. The van der Waals surface area contributed by atoms with E-state index in [1.54, 1.807) is 0 Å². The number of nitrogens with one attached hydrogen (secondary N) is 1. The second kappa shape index (κ2) is 7.55. The van der Waals surface area contributed by atoms with Crippen LogP contribution in [0.3, 0.4) is 0 Å². The second-order valence-corrected chi connectivity index (χ2v) is 7.03. The fourth-order valence-electron chi connectivity index (χ4n) is 1.96. The van der Waals surface area contributed by atoms with E-state index in [9.17, 15) is 18.0 Å². The summed E-state index contributed by atoms with van der Waals surface area (Å²) in [7, 11) is 0. The summed E-state index contributed by atoms with van der Waals surface area (Å²) in [6, 6.07) is 6.88. The van der Waals surface area contributed by atoms with Crippen LogP contribution in [0.1, 0.15) is 19.4 Å². The van der Waals surface area contributed by atoms with Gasteiger partial charge in [0.1, 0.15) is 5.75 Å². The third-order valence-electron chi connectivity index (χ3n) is 3.35. The van der Waals surface area contributed by atoms with Gasteiger partial charge >= 0.3 is 6.18 Å². The van der Waals surface area contributed by atoms with Gasteiger partial charge in [0.05, 0.1) is 20.6 Å². The summed E-state index contributed by atoms with van der Waals surface area (Å²) in [6.07, 6.45) is -4.45. The number of carbonyl (C=O) groups is 1. The average molecular weight is 427 g/mol. The summed E-state index contributed by atoms with van der Waals surface area (Å²) < 4.78 is 43.3. The Bertz CT molecular complexity index is 798. The van der Waals surface area contributed by atoms with E-state index in [1.807, 2.05) is 0 Å². The van der Waals surface area contributed by atoms with Crippen molar-refractivity contribution >= 4 is 46.4 Å². The van der Waals surface area contributed by atoms with Gasteiger partial charge in [-0.1, -0.05) is 34.8 Å². The molecule has 0 unspecified atom stereocenters. The summed E-state index contributed by atoms with van der Waals surface area (Å²) in [6.45, 7) is 2.98. The molecule has 0 aliphatic rings. The summed E-state index contributed by atoms with van der Waals surface area (Å²) in [4.78, 5) is 12.4. The molecule has 3 nitrogen and oxygen atoms in total. The van der Waals surface area contributed by atoms with Gasteiger partial charge in [0.25, 0.3) is 5.91 Å². The van der Waals surface area contributed by atoms with E-state index < -0.39 is 23.2 Å². The lowest BCUT2D eigenvalue weighted by atomic mass is 10.1. The Morgan fingerprint density at radius 2 is 1.50 bits per heavy atom. The van der Waals surface area contributed by atoms with Crippen LogP contribution in [0.2, 0.25) is 15.1 Å². The molecule has 0 aliphatic heterocycles. The third kappa shape index (κ3) is 4.96. The number of amides is 1. The molecule has 1 amide bonds. The molecular formula is C17H13Cl3F3NO2. The molecule has 0 bridgehead atoms. The van der Waals surface area contributed by atoms with Gasteiger partial charge in [0, 0.05) is 17.8 Å². The van der Waals surface area contributed by atoms with Crippen LogP contribution in [0.25, 0.3) is 0 Å². The van der Waals surface area contributed by atoms with Crippen LogP contribution >= 0.6 is 34.8 Å². The Morgan fingerprint density at radius 1 is 1.00 bits per heavy atom. The summed E-state index contributed by atoms with van der Waals surface area (Å²) >= 11 is 17.7. The van der Waals surface area contributed by atoms with Gasteiger partial charge in [-0.05, 0) is 38.1 Å². The molecule has 2 aromatic rings. The third-order valence-corrected chi connectivity index (χ3v) is 4.54. The second-order valence-electron chi connectivity index (χ2n) is 5.84. The zero-order valence-electron chi connectivity index (χ0n) is 13.5. The summed E-state index contributed by atoms with van der Waals surface area (Å²) in [5.74, 6) is -0.351. The fraction of sp³-hybridized carbons (Fsp3) is 0.235. The smallest absolute Gasteiger partial charge is 0.416 e. The lowest BCUT2D eigenvalue weighted by Crippen LogP contribution is -2.42. The number of rotatable bonds is 4. The molecule has 140 valence electrons. The van der Waals surface area contributed by atoms with Crippen LogP contribution in [0.15, 0.2) is 36.4 Å². The van der Waals surface area contributed by atoms with Crippen molar-refractivity contribution in [1.82, 2.24) is 0 Å². The molecule has 0 aliphatic carbocycles. The molecule has 0 spiro atoms. The maximum Gasteiger partial charge on any atom is 0.416 e. The lowest BCUT2D eigenvalue weighted by Gasteiger charge is -2.25. The van der Waals surface area contributed by atoms with Gasteiger partial charge < -0.3 is 10.1 Å². The number of hydrogen-bond donors (Lipinski definition) is 1. The van der Waals surface area contributed by atoms with E-state index >= 15 is 0 Å². The first kappa shape index (κ1) is 20.7. The van der Waals surface area contributed by atoms with Crippen molar-refractivity contribution in [2.75, 3.05) is 5.32 Å². The molecule has 26 heavy (non-hydrogen) atoms. The lowest BCUT2D eigenvalue weighted by molar-refractivity contribution is -0.137. The van der Waals surface area contributed by atoms with Crippen LogP contribution in [0, 0.1) is 0 Å². The predicted molar refractivity (Wildman–Crippen MR) is 96.3 cm³/mol. The first-order chi connectivity index (χ1) is 11.9. The van der Waals surface area contributed by atoms with Crippen molar-refractivity contribution < 1.29 is 22.7 Å². The molecule has 0 atom stereocenters. The van der Waals surface area contributed by atoms with E-state index in [2.05, 4.69) is 5.32 Å². The molecular weight excluding hydrogens is 414 g/mol. The Balaban J connectivity index is 2.12. The van der Waals surface area contributed by atoms with Crippen molar-refractivity contribution in [1.29, 1.82) is 0 Å². The fourth-order valence-corrected chi connectivity index (χ4v) is 2.53. The van der Waals surface area contributed by atoms with E-state index in [-0.39, 0.29) is 26.5 Å². The molecule has 0 radical (unpaired) electrons. The maximum atomic E-state index is 12.6. The van der Waals surface area contributed by atoms with Crippen LogP contribution in [0.4, 0.5) is 18.9 Å². The normalized spacial score (nSPS) is 12.0. The zero-order valence-corrected chi connectivity index (χ0v) is 15.8. The van der Waals surface area contributed by atoms with Crippen molar-refractivity contribution in [3.63, 3.8) is 0 Å². The highest BCUT2D eigenvalue weighted by Gasteiger charge is 2.32. The maximum absolute atomic E-state index is 12.6. The Morgan fingerprint density at radius 3 is 1.96 bits per heavy atom. The van der Waals surface area contributed by atoms with Gasteiger partial charge in [-0.2, -0.15) is 13.2 Å². The van der Waals surface area contributed by atoms with Crippen LogP contribution in [-0.4, -0.2) is 11.5 Å². The standard InChI is InChI=1S/C17H13Cl3F3NO2/c1-16(2,26-11-7-12(18)14(20)13(19)8-11)15(25)24-10-5-3-9(4-6-10)17(21,22)23/h3-8H,1-2H3,(H,24,25). The van der Waals surface area contributed by atoms with Crippen molar-refractivity contribution in [2.45, 2.75) is 25.6 Å². The highest BCUT2D eigenvalue weighted by atomic mass is 35.5. The van der Waals surface area contributed by atoms with Crippen molar-refractivity contribution in [3.8, 4) is 5.75 Å². The number of carbonyl (C=O) groups excluding carboxylic acids is 1. The number of ether oxygens (including phenoxy) is 1. The summed E-state index contributed by atoms with van der Waals surface area (Å²) in [5, 5.41) is 2.98. The van der Waals surface area contributed by atoms with E-state index in [0.29, 0.717) is 0 Å². The highest BCUT2D eigenvalue weighted by molar-refractivity contribution is 6.48. The molecule has 0 saturated carbocycles. The highest BCUT2D eigenvalue weighted by Crippen LogP contribution is 2.35. The first-order valence-electron chi connectivity index (χ1n) is 7.22. The number of anilines is 1. The Hall–Kier alpha value is -1.63. The van der Waals surface area contributed by atoms with Crippen molar-refractivity contribution in [3.05, 3.63) is 57.0 Å². The Labute approximate surface area is 163 Å². The quantitative estimate of drug-likeness (QED) is 0.570. The topological polar surface area (TPSA) is 38.3 Å². The monoisotopic (exact) mass is 425 g/mol. The zero-order chi connectivity index (χ0) is 19.7. The van der Waals surface area contributed by atoms with E-state index in [1.165, 1.54) is 26.0 Å². The van der Waals surface area contributed by atoms with E-state index in [0.717, 1.165) is 24.3 Å². The van der Waals surface area contributed by atoms with Crippen LogP contribution in [0.5, 0.6) is 5.75 Å². The van der Waals surface area contributed by atoms with E-state index in [4.69, 9.17) is 39.5 Å². The minimum atomic E-state index is -4.45. The van der Waals surface area contributed by atoms with Crippen LogP contribution < -0.4 is 10.1 Å². The number of benzene rings is 2. The molecule has 2 rings (SSSR count). The van der Waals surface area contributed by atoms with Gasteiger partial charge in [-0.3, -0.25) is 4.79 Å². The number of alkyl halides is 3. The number of halogens is 6. The van der Waals surface area contributed by atoms with Gasteiger partial charge in [0.15, 0.2) is 5.60 Å². The largest absolute Gasteiger partial charge is 0.478 e. The first-order valence-corrected chi connectivity index (χ1v) is 8.36. The molecule has 0 fully saturated rings. The number of hydrogen-bond acceptors (Lipinski definition) is 2. The van der Waals surface area contributed by atoms with Crippen molar-refractivity contribution in [2.24, 2.45) is 0 Å². The van der Waals surface area contributed by atoms with Gasteiger partial charge in [-0.25, -0.2) is 0 Å². The minimum Gasteiger partial charge on any atom is -0.478 e. The molecule has 0 saturated heterocycles. The minimum absolute atomic E-state index is 0.160.